The zero-order valence-corrected chi connectivity index (χ0v) is 11.5. The highest BCUT2D eigenvalue weighted by atomic mass is 16.2. The summed E-state index contributed by atoms with van der Waals surface area (Å²) in [5, 5.41) is 0. The molecule has 4 nitrogen and oxygen atoms in total. The van der Waals surface area contributed by atoms with Crippen molar-refractivity contribution in [3.05, 3.63) is 41.5 Å². The molecule has 1 aromatic rings. The quantitative estimate of drug-likeness (QED) is 0.857. The fourth-order valence-electron chi connectivity index (χ4n) is 2.32. The van der Waals surface area contributed by atoms with E-state index in [0.29, 0.717) is 5.56 Å². The number of likely N-dealkylation sites (tertiary alicyclic amines) is 1. The molecule has 106 valence electrons. The second-order valence-electron chi connectivity index (χ2n) is 5.06. The van der Waals surface area contributed by atoms with Gasteiger partial charge in [-0.25, -0.2) is 0 Å². The van der Waals surface area contributed by atoms with Gasteiger partial charge in [0.15, 0.2) is 0 Å². The minimum Gasteiger partial charge on any atom is -0.366 e. The average Bonchev–Trinajstić information content (AvgIpc) is 2.74. The third kappa shape index (κ3) is 3.95. The number of carbonyl (C=O) groups is 2. The van der Waals surface area contributed by atoms with E-state index in [1.165, 1.54) is 12.8 Å². The van der Waals surface area contributed by atoms with Gasteiger partial charge in [0, 0.05) is 24.7 Å². The third-order valence-corrected chi connectivity index (χ3v) is 3.53. The Labute approximate surface area is 119 Å². The Morgan fingerprint density at radius 3 is 2.15 bits per heavy atom. The molecule has 0 saturated carbocycles. The van der Waals surface area contributed by atoms with Crippen molar-refractivity contribution in [1.82, 2.24) is 4.90 Å². The lowest BCUT2D eigenvalue weighted by atomic mass is 10.1. The minimum absolute atomic E-state index is 0.0610. The van der Waals surface area contributed by atoms with Gasteiger partial charge in [0.1, 0.15) is 0 Å². The summed E-state index contributed by atoms with van der Waals surface area (Å²) in [5.41, 5.74) is 6.54. The molecule has 2 N–H and O–H groups in total. The van der Waals surface area contributed by atoms with Gasteiger partial charge < -0.3 is 10.6 Å². The molecule has 2 amide bonds. The van der Waals surface area contributed by atoms with E-state index in [4.69, 9.17) is 5.73 Å². The fraction of sp³-hybridized carbons (Fsp3) is 0.375. The normalized spacial score (nSPS) is 16.1. The summed E-state index contributed by atoms with van der Waals surface area (Å²) in [6.07, 6.45) is 7.98. The van der Waals surface area contributed by atoms with E-state index >= 15 is 0 Å². The highest BCUT2D eigenvalue weighted by Gasteiger charge is 2.12. The maximum Gasteiger partial charge on any atom is 0.248 e. The molecular formula is C16H20N2O2. The van der Waals surface area contributed by atoms with Gasteiger partial charge in [-0.1, -0.05) is 25.0 Å². The van der Waals surface area contributed by atoms with Crippen LogP contribution in [0.2, 0.25) is 0 Å². The molecule has 0 unspecified atom stereocenters. The number of hydrogen-bond donors (Lipinski definition) is 1. The van der Waals surface area contributed by atoms with Crippen LogP contribution in [0.4, 0.5) is 0 Å². The lowest BCUT2D eigenvalue weighted by Crippen LogP contribution is -2.30. The molecular weight excluding hydrogens is 252 g/mol. The number of primary amides is 1. The van der Waals surface area contributed by atoms with Crippen molar-refractivity contribution >= 4 is 17.9 Å². The Morgan fingerprint density at radius 1 is 1.00 bits per heavy atom. The Bertz CT molecular complexity index is 498. The van der Waals surface area contributed by atoms with Crippen LogP contribution >= 0.6 is 0 Å². The van der Waals surface area contributed by atoms with Crippen LogP contribution in [-0.4, -0.2) is 29.8 Å². The van der Waals surface area contributed by atoms with Gasteiger partial charge in [-0.05, 0) is 36.6 Å². The SMILES string of the molecule is NC(=O)c1ccc(C=CC(=O)N2CCCCCC2)cc1. The van der Waals surface area contributed by atoms with Crippen molar-refractivity contribution in [2.45, 2.75) is 25.7 Å². The van der Waals surface area contributed by atoms with Crippen molar-refractivity contribution in [2.24, 2.45) is 5.73 Å². The number of benzene rings is 1. The van der Waals surface area contributed by atoms with Crippen molar-refractivity contribution in [3.63, 3.8) is 0 Å². The number of nitrogens with zero attached hydrogens (tertiary/aromatic N) is 1. The van der Waals surface area contributed by atoms with Crippen LogP contribution in [0, 0.1) is 0 Å². The summed E-state index contributed by atoms with van der Waals surface area (Å²) in [6.45, 7) is 1.70. The first kappa shape index (κ1) is 14.3. The maximum atomic E-state index is 12.1. The standard InChI is InChI=1S/C16H20N2O2/c17-16(20)14-8-5-13(6-9-14)7-10-15(19)18-11-3-1-2-4-12-18/h5-10H,1-4,11-12H2,(H2,17,20). The first-order valence-electron chi connectivity index (χ1n) is 7.04. The zero-order chi connectivity index (χ0) is 14.4. The lowest BCUT2D eigenvalue weighted by molar-refractivity contribution is -0.125. The van der Waals surface area contributed by atoms with Gasteiger partial charge in [0.05, 0.1) is 0 Å². The van der Waals surface area contributed by atoms with E-state index < -0.39 is 5.91 Å². The average molecular weight is 272 g/mol. The van der Waals surface area contributed by atoms with E-state index in [9.17, 15) is 9.59 Å². The maximum absolute atomic E-state index is 12.1. The number of rotatable bonds is 3. The smallest absolute Gasteiger partial charge is 0.248 e. The Balaban J connectivity index is 1.97. The first-order chi connectivity index (χ1) is 9.66. The van der Waals surface area contributed by atoms with Gasteiger partial charge in [-0.2, -0.15) is 0 Å². The van der Waals surface area contributed by atoms with Crippen LogP contribution in [0.3, 0.4) is 0 Å². The van der Waals surface area contributed by atoms with Gasteiger partial charge in [0.25, 0.3) is 0 Å². The monoisotopic (exact) mass is 272 g/mol. The molecule has 0 bridgehead atoms. The molecule has 1 fully saturated rings. The topological polar surface area (TPSA) is 63.4 Å². The van der Waals surface area contributed by atoms with Crippen LogP contribution in [0.25, 0.3) is 6.08 Å². The van der Waals surface area contributed by atoms with E-state index in [0.717, 1.165) is 31.5 Å². The van der Waals surface area contributed by atoms with Crippen molar-refractivity contribution in [1.29, 1.82) is 0 Å². The van der Waals surface area contributed by atoms with Gasteiger partial charge in [-0.15, -0.1) is 0 Å². The van der Waals surface area contributed by atoms with Gasteiger partial charge in [0.2, 0.25) is 11.8 Å². The van der Waals surface area contributed by atoms with Gasteiger partial charge >= 0.3 is 0 Å². The fourth-order valence-corrected chi connectivity index (χ4v) is 2.32. The zero-order valence-electron chi connectivity index (χ0n) is 11.5. The minimum atomic E-state index is -0.443. The predicted octanol–water partition coefficient (Wildman–Crippen LogP) is 2.20. The molecule has 20 heavy (non-hydrogen) atoms. The Hall–Kier alpha value is -2.10. The van der Waals surface area contributed by atoms with Crippen LogP contribution in [0.15, 0.2) is 30.3 Å². The van der Waals surface area contributed by atoms with E-state index in [-0.39, 0.29) is 5.91 Å². The van der Waals surface area contributed by atoms with Crippen LogP contribution in [0.1, 0.15) is 41.6 Å². The third-order valence-electron chi connectivity index (χ3n) is 3.53. The van der Waals surface area contributed by atoms with Crippen molar-refractivity contribution < 1.29 is 9.59 Å². The largest absolute Gasteiger partial charge is 0.366 e. The summed E-state index contributed by atoms with van der Waals surface area (Å²) in [7, 11) is 0. The molecule has 0 radical (unpaired) electrons. The summed E-state index contributed by atoms with van der Waals surface area (Å²) < 4.78 is 0. The molecule has 2 rings (SSSR count). The summed E-state index contributed by atoms with van der Waals surface area (Å²) >= 11 is 0. The predicted molar refractivity (Wildman–Crippen MR) is 79.0 cm³/mol. The molecule has 0 aliphatic carbocycles. The van der Waals surface area contributed by atoms with Crippen molar-refractivity contribution in [2.75, 3.05) is 13.1 Å². The van der Waals surface area contributed by atoms with Crippen LogP contribution in [-0.2, 0) is 4.79 Å². The molecule has 0 spiro atoms. The number of nitrogens with two attached hydrogens (primary N) is 1. The van der Waals surface area contributed by atoms with Crippen LogP contribution < -0.4 is 5.73 Å². The molecule has 1 aromatic carbocycles. The van der Waals surface area contributed by atoms with E-state index in [2.05, 4.69) is 0 Å². The molecule has 1 heterocycles. The molecule has 1 saturated heterocycles. The summed E-state index contributed by atoms with van der Waals surface area (Å²) in [5.74, 6) is -0.382. The molecule has 1 aliphatic heterocycles. The summed E-state index contributed by atoms with van der Waals surface area (Å²) in [6, 6.07) is 6.90. The molecule has 4 heteroatoms. The lowest BCUT2D eigenvalue weighted by Gasteiger charge is -2.17. The summed E-state index contributed by atoms with van der Waals surface area (Å²) in [4.78, 5) is 24.9. The Kier molecular flexibility index (Phi) is 4.93. The molecule has 0 aromatic heterocycles. The Morgan fingerprint density at radius 2 is 1.60 bits per heavy atom. The highest BCUT2D eigenvalue weighted by molar-refractivity contribution is 5.94. The number of hydrogen-bond acceptors (Lipinski definition) is 2. The second kappa shape index (κ2) is 6.89. The van der Waals surface area contributed by atoms with E-state index in [1.807, 2.05) is 4.90 Å². The van der Waals surface area contributed by atoms with Gasteiger partial charge in [-0.3, -0.25) is 9.59 Å². The first-order valence-corrected chi connectivity index (χ1v) is 7.04. The van der Waals surface area contributed by atoms with Crippen LogP contribution in [0.5, 0.6) is 0 Å². The second-order valence-corrected chi connectivity index (χ2v) is 5.06. The van der Waals surface area contributed by atoms with E-state index in [1.54, 1.807) is 36.4 Å². The molecule has 1 aliphatic rings. The number of amides is 2. The number of carbonyl (C=O) groups excluding carboxylic acids is 2. The van der Waals surface area contributed by atoms with Crippen molar-refractivity contribution in [3.8, 4) is 0 Å². The highest BCUT2D eigenvalue weighted by Crippen LogP contribution is 2.11. The molecule has 0 atom stereocenters.